The van der Waals surface area contributed by atoms with Crippen LogP contribution in [0.2, 0.25) is 0 Å². The Bertz CT molecular complexity index is 470. The zero-order valence-electron chi connectivity index (χ0n) is 12.7. The number of benzene rings is 1. The number of hydrogen-bond donors (Lipinski definition) is 2. The molecule has 2 heteroatoms. The fraction of sp³-hybridized carbons (Fsp3) is 0.667. The van der Waals surface area contributed by atoms with Crippen molar-refractivity contribution in [3.05, 3.63) is 35.4 Å². The molecular formula is C18H27NO. The smallest absolute Gasteiger partial charge is 0.0844 e. The number of fused-ring (bicyclic) bond motifs is 1. The predicted molar refractivity (Wildman–Crippen MR) is 82.4 cm³/mol. The van der Waals surface area contributed by atoms with Gasteiger partial charge >= 0.3 is 0 Å². The lowest BCUT2D eigenvalue weighted by Gasteiger charge is -2.42. The van der Waals surface area contributed by atoms with Crippen LogP contribution < -0.4 is 5.32 Å². The summed E-state index contributed by atoms with van der Waals surface area (Å²) in [6, 6.07) is 8.68. The van der Waals surface area contributed by atoms with Crippen LogP contribution in [0.25, 0.3) is 0 Å². The van der Waals surface area contributed by atoms with E-state index < -0.39 is 5.60 Å². The first-order valence-electron chi connectivity index (χ1n) is 8.12. The normalized spacial score (nSPS) is 33.4. The van der Waals surface area contributed by atoms with Crippen molar-refractivity contribution in [3.63, 3.8) is 0 Å². The van der Waals surface area contributed by atoms with Gasteiger partial charge in [0.05, 0.1) is 11.6 Å². The number of aliphatic hydroxyl groups is 1. The summed E-state index contributed by atoms with van der Waals surface area (Å²) in [5.74, 6) is 1.41. The van der Waals surface area contributed by atoms with Crippen LogP contribution in [0.3, 0.4) is 0 Å². The van der Waals surface area contributed by atoms with E-state index in [1.165, 1.54) is 24.0 Å². The minimum absolute atomic E-state index is 0.133. The minimum atomic E-state index is -0.551. The van der Waals surface area contributed by atoms with E-state index in [0.717, 1.165) is 31.7 Å². The quantitative estimate of drug-likeness (QED) is 0.878. The first kappa shape index (κ1) is 14.1. The molecule has 1 aliphatic carbocycles. The van der Waals surface area contributed by atoms with Gasteiger partial charge in [-0.2, -0.15) is 0 Å². The highest BCUT2D eigenvalue weighted by Gasteiger charge is 2.44. The molecule has 1 saturated carbocycles. The van der Waals surface area contributed by atoms with Crippen molar-refractivity contribution in [2.45, 2.75) is 64.1 Å². The van der Waals surface area contributed by atoms with E-state index in [1.807, 2.05) is 0 Å². The molecule has 0 spiro atoms. The first-order valence-corrected chi connectivity index (χ1v) is 8.12. The third-order valence-electron chi connectivity index (χ3n) is 5.07. The van der Waals surface area contributed by atoms with Gasteiger partial charge in [0.2, 0.25) is 0 Å². The van der Waals surface area contributed by atoms with Gasteiger partial charge in [0.1, 0.15) is 0 Å². The van der Waals surface area contributed by atoms with Gasteiger partial charge in [-0.05, 0) is 42.2 Å². The summed E-state index contributed by atoms with van der Waals surface area (Å²) in [6.45, 7) is 5.48. The van der Waals surface area contributed by atoms with E-state index in [-0.39, 0.29) is 6.04 Å². The Kier molecular flexibility index (Phi) is 3.87. The summed E-state index contributed by atoms with van der Waals surface area (Å²) in [7, 11) is 0. The summed E-state index contributed by atoms with van der Waals surface area (Å²) >= 11 is 0. The molecule has 0 amide bonds. The second-order valence-electron chi connectivity index (χ2n) is 7.21. The van der Waals surface area contributed by atoms with Gasteiger partial charge in [0.15, 0.2) is 0 Å². The topological polar surface area (TPSA) is 32.3 Å². The summed E-state index contributed by atoms with van der Waals surface area (Å²) in [4.78, 5) is 0. The van der Waals surface area contributed by atoms with Crippen LogP contribution >= 0.6 is 0 Å². The minimum Gasteiger partial charge on any atom is -0.388 e. The van der Waals surface area contributed by atoms with Crippen LogP contribution in [0.1, 0.15) is 63.1 Å². The standard InChI is InChI=1S/C18H27NO/c1-13(2)10-14-6-5-9-18(20,11-14)17-16-8-4-3-7-15(16)12-19-17/h3-4,7-8,13-14,17,19-20H,5-6,9-12H2,1-2H3. The molecule has 2 N–H and O–H groups in total. The Hall–Kier alpha value is -0.860. The monoisotopic (exact) mass is 273 g/mol. The molecule has 0 radical (unpaired) electrons. The fourth-order valence-corrected chi connectivity index (χ4v) is 4.31. The number of nitrogens with one attached hydrogen (secondary N) is 1. The molecule has 3 atom stereocenters. The molecule has 110 valence electrons. The van der Waals surface area contributed by atoms with Gasteiger partial charge in [-0.15, -0.1) is 0 Å². The highest BCUT2D eigenvalue weighted by molar-refractivity contribution is 5.36. The Morgan fingerprint density at radius 3 is 2.95 bits per heavy atom. The zero-order chi connectivity index (χ0) is 14.2. The largest absolute Gasteiger partial charge is 0.388 e. The van der Waals surface area contributed by atoms with Crippen molar-refractivity contribution in [2.75, 3.05) is 0 Å². The molecule has 20 heavy (non-hydrogen) atoms. The molecule has 1 aliphatic heterocycles. The average Bonchev–Trinajstić information content (AvgIpc) is 2.82. The van der Waals surface area contributed by atoms with Crippen LogP contribution in [-0.4, -0.2) is 10.7 Å². The third kappa shape index (κ3) is 2.64. The van der Waals surface area contributed by atoms with Crippen LogP contribution in [0.5, 0.6) is 0 Å². The average molecular weight is 273 g/mol. The van der Waals surface area contributed by atoms with E-state index >= 15 is 0 Å². The molecule has 1 aromatic rings. The fourth-order valence-electron chi connectivity index (χ4n) is 4.31. The molecule has 1 heterocycles. The van der Waals surface area contributed by atoms with Crippen molar-refractivity contribution >= 4 is 0 Å². The molecule has 3 rings (SSSR count). The number of hydrogen-bond acceptors (Lipinski definition) is 2. The van der Waals surface area contributed by atoms with Crippen molar-refractivity contribution in [3.8, 4) is 0 Å². The van der Waals surface area contributed by atoms with Crippen molar-refractivity contribution < 1.29 is 5.11 Å². The zero-order valence-corrected chi connectivity index (χ0v) is 12.7. The molecule has 2 aliphatic rings. The lowest BCUT2D eigenvalue weighted by Crippen LogP contribution is -2.45. The summed E-state index contributed by atoms with van der Waals surface area (Å²) in [5.41, 5.74) is 2.13. The van der Waals surface area contributed by atoms with Crippen molar-refractivity contribution in [2.24, 2.45) is 11.8 Å². The highest BCUT2D eigenvalue weighted by Crippen LogP contribution is 2.45. The molecule has 0 aromatic heterocycles. The molecule has 0 saturated heterocycles. The maximum absolute atomic E-state index is 11.2. The van der Waals surface area contributed by atoms with E-state index in [9.17, 15) is 5.11 Å². The summed E-state index contributed by atoms with van der Waals surface area (Å²) in [6.07, 6.45) is 5.59. The SMILES string of the molecule is CC(C)CC1CCCC(O)(C2NCc3ccccc32)C1. The van der Waals surface area contributed by atoms with Crippen LogP contribution in [0.4, 0.5) is 0 Å². The van der Waals surface area contributed by atoms with Gasteiger partial charge < -0.3 is 10.4 Å². The van der Waals surface area contributed by atoms with Crippen molar-refractivity contribution in [1.29, 1.82) is 0 Å². The maximum atomic E-state index is 11.2. The van der Waals surface area contributed by atoms with Gasteiger partial charge in [-0.1, -0.05) is 51.0 Å². The second kappa shape index (κ2) is 5.50. The Balaban J connectivity index is 1.79. The maximum Gasteiger partial charge on any atom is 0.0844 e. The van der Waals surface area contributed by atoms with Crippen LogP contribution in [0.15, 0.2) is 24.3 Å². The molecular weight excluding hydrogens is 246 g/mol. The van der Waals surface area contributed by atoms with Gasteiger partial charge in [-0.25, -0.2) is 0 Å². The van der Waals surface area contributed by atoms with Gasteiger partial charge in [0, 0.05) is 6.54 Å². The van der Waals surface area contributed by atoms with E-state index in [0.29, 0.717) is 5.92 Å². The van der Waals surface area contributed by atoms with Gasteiger partial charge in [-0.3, -0.25) is 0 Å². The first-order chi connectivity index (χ1) is 9.58. The molecule has 3 unspecified atom stereocenters. The summed E-state index contributed by atoms with van der Waals surface area (Å²) < 4.78 is 0. The Morgan fingerprint density at radius 1 is 1.35 bits per heavy atom. The summed E-state index contributed by atoms with van der Waals surface area (Å²) in [5, 5.41) is 14.8. The lowest BCUT2D eigenvalue weighted by atomic mass is 9.71. The molecule has 1 aromatic carbocycles. The van der Waals surface area contributed by atoms with Crippen LogP contribution in [-0.2, 0) is 6.54 Å². The predicted octanol–water partition coefficient (Wildman–Crippen LogP) is 3.80. The van der Waals surface area contributed by atoms with Gasteiger partial charge in [0.25, 0.3) is 0 Å². The Labute approximate surface area is 122 Å². The second-order valence-corrected chi connectivity index (χ2v) is 7.21. The highest BCUT2D eigenvalue weighted by atomic mass is 16.3. The number of rotatable bonds is 3. The van der Waals surface area contributed by atoms with Crippen molar-refractivity contribution in [1.82, 2.24) is 5.32 Å². The molecule has 0 bridgehead atoms. The lowest BCUT2D eigenvalue weighted by molar-refractivity contribution is -0.0487. The molecule has 1 fully saturated rings. The van der Waals surface area contributed by atoms with E-state index in [1.54, 1.807) is 0 Å². The van der Waals surface area contributed by atoms with E-state index in [4.69, 9.17) is 0 Å². The van der Waals surface area contributed by atoms with E-state index in [2.05, 4.69) is 43.4 Å². The Morgan fingerprint density at radius 2 is 2.15 bits per heavy atom. The van der Waals surface area contributed by atoms with Crippen LogP contribution in [0, 0.1) is 11.8 Å². The molecule has 2 nitrogen and oxygen atoms in total. The third-order valence-corrected chi connectivity index (χ3v) is 5.07.